The quantitative estimate of drug-likeness (QED) is 0.0485. The summed E-state index contributed by atoms with van der Waals surface area (Å²) in [5.41, 5.74) is 23.8. The number of amides is 1. The smallest absolute Gasteiger partial charge is 0.243 e. The minimum atomic E-state index is -1.31. The van der Waals surface area contributed by atoms with Crippen molar-refractivity contribution in [3.05, 3.63) is 159 Å². The van der Waals surface area contributed by atoms with Gasteiger partial charge in [-0.1, -0.05) is 103 Å². The van der Waals surface area contributed by atoms with E-state index >= 15 is 4.79 Å². The lowest BCUT2D eigenvalue weighted by Gasteiger charge is -2.61. The van der Waals surface area contributed by atoms with Crippen LogP contribution < -0.4 is 27.8 Å². The van der Waals surface area contributed by atoms with E-state index in [1.54, 1.807) is 42.5 Å². The molecule has 15 nitrogen and oxygen atoms in total. The van der Waals surface area contributed by atoms with Gasteiger partial charge >= 0.3 is 0 Å². The molecule has 1 spiro atoms. The van der Waals surface area contributed by atoms with Crippen LogP contribution in [0.4, 0.5) is 0 Å². The number of guanidine groups is 1. The minimum Gasteiger partial charge on any atom is -0.508 e. The molecule has 77 heavy (non-hydrogen) atoms. The zero-order valence-corrected chi connectivity index (χ0v) is 45.0. The number of nitrogens with one attached hydrogen (secondary N) is 2. The maximum Gasteiger partial charge on any atom is 0.243 e. The summed E-state index contributed by atoms with van der Waals surface area (Å²) in [6, 6.07) is 19.0. The number of aliphatic hydroxyl groups is 6. The van der Waals surface area contributed by atoms with Crippen LogP contribution in [-0.2, 0) is 28.9 Å². The van der Waals surface area contributed by atoms with Crippen LogP contribution in [0, 0.1) is 29.1 Å². The van der Waals surface area contributed by atoms with Crippen LogP contribution in [0.3, 0.4) is 0 Å². The first-order valence-electron chi connectivity index (χ1n) is 27.6. The fourth-order valence-electron chi connectivity index (χ4n) is 14.2. The van der Waals surface area contributed by atoms with Crippen molar-refractivity contribution in [3.63, 3.8) is 0 Å². The summed E-state index contributed by atoms with van der Waals surface area (Å²) in [7, 11) is 0. The topological polar surface area (TPSA) is 290 Å². The Balaban J connectivity index is 1.22. The number of Topliss-reactive ketones (excluding diaryl/α,β-unsaturated/α-hetero) is 1. The van der Waals surface area contributed by atoms with Gasteiger partial charge in [-0.25, -0.2) is 0 Å². The molecule has 3 aromatic carbocycles. The molecule has 15 N–H and O–H groups in total. The highest BCUT2D eigenvalue weighted by molar-refractivity contribution is 5.98. The van der Waals surface area contributed by atoms with Crippen molar-refractivity contribution in [2.75, 3.05) is 19.7 Å². The number of rotatable bonds is 11. The van der Waals surface area contributed by atoms with Crippen LogP contribution >= 0.6 is 0 Å². The van der Waals surface area contributed by atoms with Gasteiger partial charge in [0.05, 0.1) is 36.6 Å². The molecule has 3 saturated carbocycles. The molecule has 3 fully saturated rings. The van der Waals surface area contributed by atoms with Crippen molar-refractivity contribution in [1.82, 2.24) is 10.6 Å². The molecule has 2 bridgehead atoms. The molecule has 3 aromatic rings. The maximum absolute atomic E-state index is 15.2. The van der Waals surface area contributed by atoms with E-state index in [-0.39, 0.29) is 55.9 Å². The Labute approximate surface area is 453 Å². The van der Waals surface area contributed by atoms with Gasteiger partial charge < -0.3 is 58.3 Å². The fraction of sp³-hybridized carbons (Fsp3) is 0.500. The molecule has 1 amide bonds. The molecular formula is C62H82N6O9. The van der Waals surface area contributed by atoms with Gasteiger partial charge in [0.2, 0.25) is 5.91 Å². The molecule has 414 valence electrons. The summed E-state index contributed by atoms with van der Waals surface area (Å²) in [6.45, 7) is 9.53. The number of nitrogens with two attached hydrogens (primary N) is 3. The van der Waals surface area contributed by atoms with Crippen LogP contribution in [-0.4, -0.2) is 103 Å². The zero-order chi connectivity index (χ0) is 55.3. The lowest BCUT2D eigenvalue weighted by Crippen LogP contribution is -2.65. The minimum absolute atomic E-state index is 0.0622. The number of fused-ring (bicyclic) bond motifs is 3. The predicted molar refractivity (Wildman–Crippen MR) is 299 cm³/mol. The number of benzene rings is 3. The molecule has 0 radical (unpaired) electrons. The SMILES string of the molecule is C=C(/C=C/C=C(/CO)[C@H]1C[C@@H]2CCC[C@@]3(O)CC/C4=C(/C)C(=O)Cc5cccc6c5[C@@H](NC[C@@H](O)[C@@H]([C@H](CN=C(N)N)c5ccc(O)cc5)Cc5cccc(c5)C[C@H](O)CC[C@H]4[C@@]23[C@@H]1O)C(=O)N[C@@H]6N)[C@H](O)CC=C(C)C. The summed E-state index contributed by atoms with van der Waals surface area (Å²) < 4.78 is 0. The van der Waals surface area contributed by atoms with Gasteiger partial charge in [0.15, 0.2) is 11.7 Å². The summed E-state index contributed by atoms with van der Waals surface area (Å²) in [5.74, 6) is -2.93. The Morgan fingerprint density at radius 3 is 2.42 bits per heavy atom. The van der Waals surface area contributed by atoms with Crippen molar-refractivity contribution < 1.29 is 45.3 Å². The molecule has 0 unspecified atom stereocenters. The summed E-state index contributed by atoms with van der Waals surface area (Å²) >= 11 is 0. The maximum atomic E-state index is 15.2. The Hall–Kier alpha value is -5.75. The van der Waals surface area contributed by atoms with E-state index < -0.39 is 77.2 Å². The lowest BCUT2D eigenvalue weighted by atomic mass is 9.45. The van der Waals surface area contributed by atoms with Gasteiger partial charge in [-0.3, -0.25) is 19.9 Å². The summed E-state index contributed by atoms with van der Waals surface area (Å²) in [6.07, 6.45) is 7.26. The van der Waals surface area contributed by atoms with Crippen LogP contribution in [0.15, 0.2) is 130 Å². The van der Waals surface area contributed by atoms with Gasteiger partial charge in [-0.2, -0.15) is 0 Å². The van der Waals surface area contributed by atoms with E-state index in [1.165, 1.54) is 0 Å². The zero-order valence-electron chi connectivity index (χ0n) is 45.0. The molecule has 5 aliphatic rings. The Morgan fingerprint density at radius 1 is 0.974 bits per heavy atom. The average molecular weight is 1060 g/mol. The Morgan fingerprint density at radius 2 is 1.70 bits per heavy atom. The van der Waals surface area contributed by atoms with Crippen LogP contribution in [0.2, 0.25) is 0 Å². The van der Waals surface area contributed by atoms with Crippen molar-refractivity contribution in [2.24, 2.45) is 51.3 Å². The first-order chi connectivity index (χ1) is 36.8. The largest absolute Gasteiger partial charge is 0.508 e. The summed E-state index contributed by atoms with van der Waals surface area (Å²) in [4.78, 5) is 33.7. The number of carbonyl (C=O) groups is 2. The third-order valence-electron chi connectivity index (χ3n) is 18.0. The molecule has 2 aliphatic heterocycles. The Bertz CT molecular complexity index is 2800. The Kier molecular flexibility index (Phi) is 18.3. The van der Waals surface area contributed by atoms with Gasteiger partial charge in [0, 0.05) is 36.8 Å². The van der Waals surface area contributed by atoms with Crippen LogP contribution in [0.1, 0.15) is 130 Å². The lowest BCUT2D eigenvalue weighted by molar-refractivity contribution is -0.216. The van der Waals surface area contributed by atoms with E-state index in [2.05, 4.69) is 22.2 Å². The number of ketones is 1. The highest BCUT2D eigenvalue weighted by atomic mass is 16.3. The molecular weight excluding hydrogens is 973 g/mol. The molecule has 8 rings (SSSR count). The molecule has 13 atom stereocenters. The monoisotopic (exact) mass is 1050 g/mol. The number of allylic oxidation sites excluding steroid dienone is 5. The number of aliphatic imine (C=N–C) groups is 1. The second-order valence-corrected chi connectivity index (χ2v) is 22.9. The van der Waals surface area contributed by atoms with E-state index in [0.29, 0.717) is 84.8 Å². The van der Waals surface area contributed by atoms with Gasteiger partial charge in [-0.15, -0.1) is 0 Å². The van der Waals surface area contributed by atoms with E-state index in [9.17, 15) is 40.5 Å². The highest BCUT2D eigenvalue weighted by Gasteiger charge is 2.70. The van der Waals surface area contributed by atoms with Gasteiger partial charge in [0.1, 0.15) is 18.0 Å². The second-order valence-electron chi connectivity index (χ2n) is 22.9. The number of aliphatic hydroxyl groups excluding tert-OH is 5. The second kappa shape index (κ2) is 24.5. The standard InChI is InChI=1S/C62H82N6O9/c1-35(2)16-23-52(72)36(3)9-5-13-42(34-69)48-31-43-14-8-25-61(77)26-24-46-37(4)53(73)30-41-12-7-15-47-55(41)56(59(76)68-58(47)63)66-33-54(74)49(50(32-67-60(64)65)40-17-19-44(70)20-18-40)29-39-11-6-10-38(27-39)28-45(71)21-22-51(46)62(43,61)57(48)75/h5-7,9-13,15-20,27,43,45,48-52,54,56-58,66,69-72,74-75,77H,3,8,14,21-26,28-34,63H2,1-2,4H3,(H,68,76)(H4,64,65,67)/b9-5+,42-13-,46-37+/t43-,45+,48+,49+,50+,51+,52+,54+,56+,57+,58-,61+,62+/m0/s1. The number of nitrogens with zero attached hydrogens (tertiary/aromatic N) is 1. The highest BCUT2D eigenvalue weighted by Crippen LogP contribution is 2.69. The molecule has 2 heterocycles. The molecule has 3 aliphatic carbocycles. The first kappa shape index (κ1) is 57.4. The normalized spacial score (nSPS) is 31.9. The molecule has 0 aromatic heterocycles. The van der Waals surface area contributed by atoms with Crippen LogP contribution in [0.5, 0.6) is 5.75 Å². The number of hydrogen-bond donors (Lipinski definition) is 12. The van der Waals surface area contributed by atoms with Crippen molar-refractivity contribution in [1.29, 1.82) is 0 Å². The third kappa shape index (κ3) is 12.1. The number of hydrogen-bond acceptors (Lipinski definition) is 12. The number of phenolic OH excluding ortho intramolecular Hbond substituents is 1. The third-order valence-corrected chi connectivity index (χ3v) is 18.0. The molecule has 0 saturated heterocycles. The average Bonchev–Trinajstić information content (AvgIpc) is 3.82. The summed E-state index contributed by atoms with van der Waals surface area (Å²) in [5, 5.41) is 89.2. The fourth-order valence-corrected chi connectivity index (χ4v) is 14.2. The van der Waals surface area contributed by atoms with E-state index in [4.69, 9.17) is 17.2 Å². The van der Waals surface area contributed by atoms with E-state index in [0.717, 1.165) is 40.7 Å². The van der Waals surface area contributed by atoms with Crippen LogP contribution in [0.25, 0.3) is 0 Å². The predicted octanol–water partition coefficient (Wildman–Crippen LogP) is 5.57. The molecule has 15 heteroatoms. The number of carbonyl (C=O) groups excluding carboxylic acids is 2. The first-order valence-corrected chi connectivity index (χ1v) is 27.6. The van der Waals surface area contributed by atoms with Crippen molar-refractivity contribution in [2.45, 2.75) is 146 Å². The van der Waals surface area contributed by atoms with Crippen molar-refractivity contribution in [3.8, 4) is 5.75 Å². The van der Waals surface area contributed by atoms with Gasteiger partial charge in [-0.05, 0) is 165 Å². The van der Waals surface area contributed by atoms with Gasteiger partial charge in [0.25, 0.3) is 0 Å². The van der Waals surface area contributed by atoms with Crippen molar-refractivity contribution >= 4 is 17.6 Å². The number of β-amino-alcohol motifs (C(OH)–C–C–N with tert-alkyl or cyclic N) is 1. The number of phenols is 1. The van der Waals surface area contributed by atoms with E-state index in [1.807, 2.05) is 69.3 Å². The number of aromatic hydroxyl groups is 1.